The Balaban J connectivity index is 1.59. The van der Waals surface area contributed by atoms with Gasteiger partial charge in [-0.15, -0.1) is 11.3 Å². The summed E-state index contributed by atoms with van der Waals surface area (Å²) in [5.74, 6) is 0.543. The number of amides is 1. The third-order valence-electron chi connectivity index (χ3n) is 5.72. The van der Waals surface area contributed by atoms with Crippen molar-refractivity contribution < 1.29 is 18.6 Å². The zero-order valence-electron chi connectivity index (χ0n) is 20.4. The van der Waals surface area contributed by atoms with Crippen LogP contribution in [0.1, 0.15) is 11.5 Å². The van der Waals surface area contributed by atoms with E-state index in [2.05, 4.69) is 5.32 Å². The highest BCUT2D eigenvalue weighted by Gasteiger charge is 2.18. The number of carbonyl (C=O) groups is 1. The Morgan fingerprint density at radius 3 is 2.62 bits per heavy atom. The van der Waals surface area contributed by atoms with Gasteiger partial charge in [0.25, 0.3) is 17.2 Å². The lowest BCUT2D eigenvalue weighted by molar-refractivity contribution is -0.384. The molecule has 10 nitrogen and oxygen atoms in total. The molecular formula is C28H17ClN4O6S. The standard InChI is InChI=1S/C28H17ClN4O6S/c29-22-13-17(8-10-23(22)33(36)37)24-11-9-19(39-24)14-25-27(35)32(18-5-2-1-3-6-18)28(40-25)21(15-30)26(34)31-16-20-7-4-12-38-20/h1-14H,16H2,(H,31,34). The van der Waals surface area contributed by atoms with Crippen LogP contribution in [0.15, 0.2) is 92.7 Å². The number of carbonyl (C=O) groups excluding carboxylic acids is 1. The molecule has 12 heteroatoms. The van der Waals surface area contributed by atoms with Crippen molar-refractivity contribution in [1.82, 2.24) is 9.88 Å². The maximum absolute atomic E-state index is 13.6. The molecule has 0 aliphatic rings. The summed E-state index contributed by atoms with van der Waals surface area (Å²) in [6.45, 7) is 0.0682. The fraction of sp³-hybridized carbons (Fsp3) is 0.0357. The highest BCUT2D eigenvalue weighted by molar-refractivity contribution is 7.07. The third-order valence-corrected chi connectivity index (χ3v) is 7.12. The molecule has 0 spiro atoms. The largest absolute Gasteiger partial charge is 0.467 e. The lowest BCUT2D eigenvalue weighted by Crippen LogP contribution is -2.33. The molecule has 0 saturated carbocycles. The number of nitrogens with zero attached hydrogens (tertiary/aromatic N) is 3. The summed E-state index contributed by atoms with van der Waals surface area (Å²) in [5.41, 5.74) is 0.0730. The topological polar surface area (TPSA) is 144 Å². The number of nitro groups is 1. The summed E-state index contributed by atoms with van der Waals surface area (Å²) in [6.07, 6.45) is 2.98. The maximum atomic E-state index is 13.6. The monoisotopic (exact) mass is 572 g/mol. The molecule has 0 saturated heterocycles. The molecule has 3 aromatic heterocycles. The van der Waals surface area contributed by atoms with Crippen LogP contribution in [-0.4, -0.2) is 15.4 Å². The van der Waals surface area contributed by atoms with Crippen LogP contribution in [0.5, 0.6) is 0 Å². The minimum absolute atomic E-state index is 0.0389. The van der Waals surface area contributed by atoms with E-state index in [4.69, 9.17) is 20.4 Å². The second-order valence-electron chi connectivity index (χ2n) is 8.27. The van der Waals surface area contributed by atoms with Gasteiger partial charge in [0, 0.05) is 17.7 Å². The molecule has 0 atom stereocenters. The van der Waals surface area contributed by atoms with Crippen LogP contribution in [0.25, 0.3) is 28.7 Å². The van der Waals surface area contributed by atoms with Crippen LogP contribution >= 0.6 is 22.9 Å². The number of rotatable bonds is 7. The minimum Gasteiger partial charge on any atom is -0.467 e. The van der Waals surface area contributed by atoms with Gasteiger partial charge in [0.1, 0.15) is 33.0 Å². The molecule has 2 aromatic carbocycles. The molecule has 40 heavy (non-hydrogen) atoms. The number of hydrogen-bond donors (Lipinski definition) is 1. The molecule has 1 N–H and O–H groups in total. The molecule has 0 fully saturated rings. The summed E-state index contributed by atoms with van der Waals surface area (Å²) in [7, 11) is 0. The number of nitrogens with one attached hydrogen (secondary N) is 1. The van der Waals surface area contributed by atoms with Gasteiger partial charge in [0.15, 0.2) is 5.57 Å². The van der Waals surface area contributed by atoms with Crippen molar-refractivity contribution in [3.05, 3.63) is 125 Å². The molecule has 0 radical (unpaired) electrons. The molecule has 3 heterocycles. The van der Waals surface area contributed by atoms with Crippen LogP contribution in [0, 0.1) is 21.4 Å². The molecular weight excluding hydrogens is 556 g/mol. The van der Waals surface area contributed by atoms with Gasteiger partial charge < -0.3 is 14.2 Å². The number of halogens is 1. The molecule has 0 bridgehead atoms. The normalized spacial score (nSPS) is 12.2. The summed E-state index contributed by atoms with van der Waals surface area (Å²) < 4.78 is 12.8. The first-order valence-corrected chi connectivity index (χ1v) is 12.8. The van der Waals surface area contributed by atoms with E-state index in [9.17, 15) is 25.0 Å². The Kier molecular flexibility index (Phi) is 7.46. The van der Waals surface area contributed by atoms with Gasteiger partial charge in [-0.2, -0.15) is 5.26 Å². The number of nitro benzene ring substituents is 1. The van der Waals surface area contributed by atoms with Crippen molar-refractivity contribution in [2.24, 2.45) is 0 Å². The van der Waals surface area contributed by atoms with E-state index in [0.717, 1.165) is 11.3 Å². The van der Waals surface area contributed by atoms with E-state index in [1.54, 1.807) is 54.6 Å². The smallest absolute Gasteiger partial charge is 0.287 e. The molecule has 0 aliphatic heterocycles. The van der Waals surface area contributed by atoms with Crippen molar-refractivity contribution >= 4 is 46.2 Å². The van der Waals surface area contributed by atoms with E-state index in [1.165, 1.54) is 35.1 Å². The Bertz CT molecular complexity index is 1950. The highest BCUT2D eigenvalue weighted by Crippen LogP contribution is 2.31. The van der Waals surface area contributed by atoms with Gasteiger partial charge in [-0.1, -0.05) is 29.8 Å². The van der Waals surface area contributed by atoms with E-state index >= 15 is 0 Å². The number of hydrogen-bond acceptors (Lipinski definition) is 8. The second kappa shape index (κ2) is 11.3. The van der Waals surface area contributed by atoms with Gasteiger partial charge in [0.2, 0.25) is 0 Å². The molecule has 1 amide bonds. The second-order valence-corrected chi connectivity index (χ2v) is 9.70. The molecule has 5 rings (SSSR count). The summed E-state index contributed by atoms with van der Waals surface area (Å²) in [4.78, 5) is 37.0. The Hall–Kier alpha value is -5.18. The van der Waals surface area contributed by atoms with Crippen LogP contribution in [-0.2, 0) is 11.3 Å². The Morgan fingerprint density at radius 1 is 1.15 bits per heavy atom. The van der Waals surface area contributed by atoms with E-state index < -0.39 is 16.4 Å². The van der Waals surface area contributed by atoms with Crippen LogP contribution in [0.3, 0.4) is 0 Å². The van der Waals surface area contributed by atoms with Crippen molar-refractivity contribution in [3.63, 3.8) is 0 Å². The van der Waals surface area contributed by atoms with Gasteiger partial charge in [-0.25, -0.2) is 0 Å². The summed E-state index contributed by atoms with van der Waals surface area (Å²) >= 11 is 7.00. The van der Waals surface area contributed by atoms with Crippen LogP contribution in [0.2, 0.25) is 5.02 Å². The van der Waals surface area contributed by atoms with Crippen LogP contribution in [0.4, 0.5) is 5.69 Å². The summed E-state index contributed by atoms with van der Waals surface area (Å²) in [6, 6.07) is 21.4. The van der Waals surface area contributed by atoms with Gasteiger partial charge in [-0.05, 0) is 48.5 Å². The van der Waals surface area contributed by atoms with E-state index in [1.807, 2.05) is 6.07 Å². The van der Waals surface area contributed by atoms with E-state index in [0.29, 0.717) is 28.5 Å². The molecule has 5 aromatic rings. The predicted octanol–water partition coefficient (Wildman–Crippen LogP) is 4.13. The quantitative estimate of drug-likeness (QED) is 0.228. The first kappa shape index (κ1) is 26.4. The first-order valence-electron chi connectivity index (χ1n) is 11.6. The molecule has 0 aliphatic carbocycles. The number of furan rings is 2. The average molecular weight is 573 g/mol. The van der Waals surface area contributed by atoms with Crippen molar-refractivity contribution in [3.8, 4) is 23.1 Å². The Morgan fingerprint density at radius 2 is 1.95 bits per heavy atom. The van der Waals surface area contributed by atoms with Gasteiger partial charge >= 0.3 is 0 Å². The van der Waals surface area contributed by atoms with Crippen LogP contribution < -0.4 is 20.1 Å². The SMILES string of the molecule is N#CC(C(=O)NCc1ccco1)=c1sc(=Cc2ccc(-c3ccc([N+](=O)[O-])c(Cl)c3)o2)c(=O)n1-c1ccccc1. The first-order chi connectivity index (χ1) is 19.4. The number of benzene rings is 2. The minimum atomic E-state index is -0.660. The fourth-order valence-electron chi connectivity index (χ4n) is 3.85. The highest BCUT2D eigenvalue weighted by atomic mass is 35.5. The lowest BCUT2D eigenvalue weighted by atomic mass is 10.1. The number of para-hydroxylation sites is 1. The zero-order valence-corrected chi connectivity index (χ0v) is 21.9. The van der Waals surface area contributed by atoms with Crippen molar-refractivity contribution in [1.29, 1.82) is 5.26 Å². The fourth-order valence-corrected chi connectivity index (χ4v) is 5.18. The van der Waals surface area contributed by atoms with Gasteiger partial charge in [0.05, 0.1) is 28.0 Å². The van der Waals surface area contributed by atoms with E-state index in [-0.39, 0.29) is 32.0 Å². The number of thiazole rings is 1. The van der Waals surface area contributed by atoms with Crippen molar-refractivity contribution in [2.75, 3.05) is 0 Å². The van der Waals surface area contributed by atoms with Crippen molar-refractivity contribution in [2.45, 2.75) is 6.54 Å². The number of aromatic nitrogens is 1. The molecule has 198 valence electrons. The number of nitriles is 1. The summed E-state index contributed by atoms with van der Waals surface area (Å²) in [5, 5.41) is 23.6. The zero-order chi connectivity index (χ0) is 28.2. The average Bonchev–Trinajstić information content (AvgIpc) is 3.70. The lowest BCUT2D eigenvalue weighted by Gasteiger charge is -2.04. The predicted molar refractivity (Wildman–Crippen MR) is 148 cm³/mol. The third kappa shape index (κ3) is 5.35. The maximum Gasteiger partial charge on any atom is 0.287 e. The van der Waals surface area contributed by atoms with Gasteiger partial charge in [-0.3, -0.25) is 24.3 Å². The molecule has 0 unspecified atom stereocenters. The Labute approximate surface area is 234 Å².